The summed E-state index contributed by atoms with van der Waals surface area (Å²) in [5.41, 5.74) is 0.390. The zero-order valence-electron chi connectivity index (χ0n) is 16.4. The van der Waals surface area contributed by atoms with Crippen LogP contribution >= 0.6 is 23.2 Å². The zero-order valence-corrected chi connectivity index (χ0v) is 17.9. The summed E-state index contributed by atoms with van der Waals surface area (Å²) in [7, 11) is 1.34. The van der Waals surface area contributed by atoms with Gasteiger partial charge in [-0.05, 0) is 43.7 Å². The van der Waals surface area contributed by atoms with E-state index in [4.69, 9.17) is 27.9 Å². The summed E-state index contributed by atoms with van der Waals surface area (Å²) >= 11 is 12.1. The third kappa shape index (κ3) is 3.68. The second kappa shape index (κ2) is 8.50. The van der Waals surface area contributed by atoms with Crippen LogP contribution in [0.5, 0.6) is 5.75 Å². The Morgan fingerprint density at radius 2 is 1.80 bits per heavy atom. The van der Waals surface area contributed by atoms with Crippen LogP contribution in [-0.2, 0) is 6.54 Å². The number of carboxylic acids is 1. The van der Waals surface area contributed by atoms with Crippen molar-refractivity contribution in [2.75, 3.05) is 7.11 Å². The number of aromatic carboxylic acids is 1. The van der Waals surface area contributed by atoms with E-state index in [1.807, 2.05) is 6.92 Å². The molecule has 2 aromatic carbocycles. The van der Waals surface area contributed by atoms with Gasteiger partial charge in [-0.25, -0.2) is 9.18 Å². The van der Waals surface area contributed by atoms with Gasteiger partial charge < -0.3 is 14.4 Å². The van der Waals surface area contributed by atoms with Gasteiger partial charge in [0.05, 0.1) is 22.8 Å². The van der Waals surface area contributed by atoms with Gasteiger partial charge >= 0.3 is 5.97 Å². The molecule has 0 amide bonds. The molecule has 0 aliphatic rings. The average Bonchev–Trinajstić information content (AvgIpc) is 2.69. The van der Waals surface area contributed by atoms with Gasteiger partial charge in [0.2, 0.25) is 5.43 Å². The molecule has 0 bridgehead atoms. The third-order valence-corrected chi connectivity index (χ3v) is 5.63. The average molecular weight is 450 g/mol. The fraction of sp³-hybridized carbons (Fsp3) is 0.182. The van der Waals surface area contributed by atoms with Crippen LogP contribution in [0.25, 0.3) is 22.4 Å². The molecule has 0 saturated carbocycles. The van der Waals surface area contributed by atoms with Gasteiger partial charge in [0.1, 0.15) is 5.56 Å². The van der Waals surface area contributed by atoms with E-state index in [-0.39, 0.29) is 27.6 Å². The van der Waals surface area contributed by atoms with Gasteiger partial charge in [-0.2, -0.15) is 0 Å². The molecule has 0 atom stereocenters. The molecule has 0 saturated heterocycles. The van der Waals surface area contributed by atoms with E-state index in [0.29, 0.717) is 22.8 Å². The van der Waals surface area contributed by atoms with Crippen molar-refractivity contribution in [1.29, 1.82) is 0 Å². The van der Waals surface area contributed by atoms with Crippen LogP contribution in [-0.4, -0.2) is 22.8 Å². The molecule has 1 N–H and O–H groups in total. The standard InChI is InChI=1S/C22H18Cl2FNO4/c1-4-26-11(2)18(12-6-8-17(30-3)16(25)10-12)21(27)19(22(28)29)20(26)13-5-7-14(23)15(24)9-13/h5-10H,4H2,1-3H3,(H,28,29). The van der Waals surface area contributed by atoms with E-state index in [1.54, 1.807) is 17.6 Å². The number of hydrogen-bond acceptors (Lipinski definition) is 3. The minimum Gasteiger partial charge on any atom is -0.494 e. The lowest BCUT2D eigenvalue weighted by Gasteiger charge is -2.21. The summed E-state index contributed by atoms with van der Waals surface area (Å²) in [6.45, 7) is 3.88. The number of pyridine rings is 1. The first-order chi connectivity index (χ1) is 14.2. The van der Waals surface area contributed by atoms with Crippen molar-refractivity contribution in [2.45, 2.75) is 20.4 Å². The minimum atomic E-state index is -1.39. The van der Waals surface area contributed by atoms with Crippen LogP contribution in [0, 0.1) is 12.7 Å². The minimum absolute atomic E-state index is 0.0260. The summed E-state index contributed by atoms with van der Waals surface area (Å²) in [5.74, 6) is -2.01. The van der Waals surface area contributed by atoms with E-state index in [1.165, 1.54) is 31.4 Å². The first-order valence-corrected chi connectivity index (χ1v) is 9.76. The molecule has 30 heavy (non-hydrogen) atoms. The SMILES string of the molecule is CCn1c(C)c(-c2ccc(OC)c(F)c2)c(=O)c(C(=O)O)c1-c1ccc(Cl)c(Cl)c1. The maximum atomic E-state index is 14.3. The molecule has 1 aromatic heterocycles. The van der Waals surface area contributed by atoms with Gasteiger partial charge in [0.15, 0.2) is 11.6 Å². The second-order valence-corrected chi connectivity index (χ2v) is 7.36. The molecule has 0 aliphatic carbocycles. The van der Waals surface area contributed by atoms with E-state index in [0.717, 1.165) is 6.07 Å². The normalized spacial score (nSPS) is 10.9. The van der Waals surface area contributed by atoms with Gasteiger partial charge in [-0.3, -0.25) is 4.79 Å². The van der Waals surface area contributed by atoms with Gasteiger partial charge in [-0.1, -0.05) is 35.3 Å². The van der Waals surface area contributed by atoms with Crippen molar-refractivity contribution in [3.8, 4) is 28.1 Å². The van der Waals surface area contributed by atoms with Gasteiger partial charge in [0.25, 0.3) is 0 Å². The smallest absolute Gasteiger partial charge is 0.341 e. The topological polar surface area (TPSA) is 68.5 Å². The van der Waals surface area contributed by atoms with E-state index < -0.39 is 22.8 Å². The molecule has 3 rings (SSSR count). The quantitative estimate of drug-likeness (QED) is 0.545. The van der Waals surface area contributed by atoms with Crippen molar-refractivity contribution in [3.05, 3.63) is 73.7 Å². The second-order valence-electron chi connectivity index (χ2n) is 6.54. The number of hydrogen-bond donors (Lipinski definition) is 1. The maximum Gasteiger partial charge on any atom is 0.341 e. The van der Waals surface area contributed by atoms with Crippen molar-refractivity contribution in [1.82, 2.24) is 4.57 Å². The number of aromatic nitrogens is 1. The summed E-state index contributed by atoms with van der Waals surface area (Å²) < 4.78 is 20.9. The molecule has 8 heteroatoms. The lowest BCUT2D eigenvalue weighted by Crippen LogP contribution is -2.25. The lowest BCUT2D eigenvalue weighted by atomic mass is 9.96. The Kier molecular flexibility index (Phi) is 6.19. The fourth-order valence-corrected chi connectivity index (χ4v) is 3.83. The highest BCUT2D eigenvalue weighted by atomic mass is 35.5. The van der Waals surface area contributed by atoms with Crippen LogP contribution < -0.4 is 10.2 Å². The van der Waals surface area contributed by atoms with Crippen molar-refractivity contribution >= 4 is 29.2 Å². The largest absolute Gasteiger partial charge is 0.494 e. The van der Waals surface area contributed by atoms with E-state index in [9.17, 15) is 19.1 Å². The highest BCUT2D eigenvalue weighted by Crippen LogP contribution is 2.33. The maximum absolute atomic E-state index is 14.3. The van der Waals surface area contributed by atoms with Crippen molar-refractivity contribution in [2.24, 2.45) is 0 Å². The molecule has 0 unspecified atom stereocenters. The number of benzene rings is 2. The van der Waals surface area contributed by atoms with Crippen molar-refractivity contribution in [3.63, 3.8) is 0 Å². The number of carbonyl (C=O) groups is 1. The molecule has 0 fully saturated rings. The van der Waals surface area contributed by atoms with Crippen LogP contribution in [0.3, 0.4) is 0 Å². The van der Waals surface area contributed by atoms with Crippen LogP contribution in [0.2, 0.25) is 10.0 Å². The van der Waals surface area contributed by atoms with E-state index >= 15 is 0 Å². The molecule has 5 nitrogen and oxygen atoms in total. The van der Waals surface area contributed by atoms with Crippen molar-refractivity contribution < 1.29 is 19.0 Å². The number of ether oxygens (including phenoxy) is 1. The zero-order chi connectivity index (χ0) is 22.2. The first kappa shape index (κ1) is 21.9. The van der Waals surface area contributed by atoms with Crippen LogP contribution in [0.1, 0.15) is 23.0 Å². The summed E-state index contributed by atoms with van der Waals surface area (Å²) in [4.78, 5) is 25.4. The number of nitrogens with zero attached hydrogens (tertiary/aromatic N) is 1. The molecule has 156 valence electrons. The predicted molar refractivity (Wildman–Crippen MR) is 115 cm³/mol. The molecule has 3 aromatic rings. The summed E-state index contributed by atoms with van der Waals surface area (Å²) in [6, 6.07) is 8.74. The Labute approximate surface area is 182 Å². The Morgan fingerprint density at radius 3 is 2.33 bits per heavy atom. The highest BCUT2D eigenvalue weighted by molar-refractivity contribution is 6.42. The monoisotopic (exact) mass is 449 g/mol. The molecule has 0 radical (unpaired) electrons. The molecule has 0 aliphatic heterocycles. The van der Waals surface area contributed by atoms with Gasteiger partial charge in [0, 0.05) is 23.4 Å². The Bertz CT molecular complexity index is 1220. The molecular weight excluding hydrogens is 432 g/mol. The summed E-state index contributed by atoms with van der Waals surface area (Å²) in [6.07, 6.45) is 0. The lowest BCUT2D eigenvalue weighted by molar-refractivity contribution is 0.0695. The van der Waals surface area contributed by atoms with Crippen LogP contribution in [0.4, 0.5) is 4.39 Å². The Balaban J connectivity index is 2.42. The Morgan fingerprint density at radius 1 is 1.13 bits per heavy atom. The number of methoxy groups -OCH3 is 1. The van der Waals surface area contributed by atoms with E-state index in [2.05, 4.69) is 0 Å². The molecule has 1 heterocycles. The van der Waals surface area contributed by atoms with Gasteiger partial charge in [-0.15, -0.1) is 0 Å². The number of rotatable bonds is 5. The molecular formula is C22H18Cl2FNO4. The molecule has 0 spiro atoms. The fourth-order valence-electron chi connectivity index (χ4n) is 3.53. The third-order valence-electron chi connectivity index (χ3n) is 4.89. The predicted octanol–water partition coefficient (Wildman–Crippen LogP) is 5.66. The number of halogens is 3. The van der Waals surface area contributed by atoms with Crippen LogP contribution in [0.15, 0.2) is 41.2 Å². The summed E-state index contributed by atoms with van der Waals surface area (Å²) in [5, 5.41) is 10.4. The highest BCUT2D eigenvalue weighted by Gasteiger charge is 2.26. The first-order valence-electron chi connectivity index (χ1n) is 9.01. The Hall–Kier alpha value is -2.83. The number of carboxylic acid groups (broad SMARTS) is 1.